The molecule has 0 aromatic heterocycles. The van der Waals surface area contributed by atoms with E-state index in [0.717, 1.165) is 23.9 Å². The number of hydrogen-bond donors (Lipinski definition) is 1. The van der Waals surface area contributed by atoms with Crippen LogP contribution in [0.15, 0.2) is 24.3 Å². The van der Waals surface area contributed by atoms with Crippen molar-refractivity contribution in [1.82, 2.24) is 0 Å². The number of ether oxygens (including phenoxy) is 2. The summed E-state index contributed by atoms with van der Waals surface area (Å²) in [5.41, 5.74) is 1.15. The lowest BCUT2D eigenvalue weighted by molar-refractivity contribution is 0.146. The van der Waals surface area contributed by atoms with Gasteiger partial charge in [-0.25, -0.2) is 0 Å². The van der Waals surface area contributed by atoms with E-state index < -0.39 is 0 Å². The normalized spacial score (nSPS) is 16.1. The van der Waals surface area contributed by atoms with Gasteiger partial charge in [0.15, 0.2) is 0 Å². The first kappa shape index (κ1) is 15.2. The first-order valence-corrected chi connectivity index (χ1v) is 7.84. The van der Waals surface area contributed by atoms with Crippen LogP contribution in [0.3, 0.4) is 0 Å². The van der Waals surface area contributed by atoms with Gasteiger partial charge in [0, 0.05) is 25.4 Å². The highest BCUT2D eigenvalue weighted by molar-refractivity contribution is 5.48. The van der Waals surface area contributed by atoms with Crippen molar-refractivity contribution in [3.63, 3.8) is 0 Å². The molecule has 1 fully saturated rings. The van der Waals surface area contributed by atoms with Gasteiger partial charge in [-0.05, 0) is 24.5 Å². The molecule has 0 saturated heterocycles. The summed E-state index contributed by atoms with van der Waals surface area (Å²) in [6, 6.07) is 8.19. The molecule has 0 bridgehead atoms. The maximum absolute atomic E-state index is 5.62. The fourth-order valence-corrected chi connectivity index (χ4v) is 2.84. The molecule has 0 spiro atoms. The van der Waals surface area contributed by atoms with Crippen LogP contribution in [0, 0.1) is 5.92 Å². The van der Waals surface area contributed by atoms with E-state index in [2.05, 4.69) is 17.4 Å². The van der Waals surface area contributed by atoms with Gasteiger partial charge in [0.05, 0.1) is 6.61 Å². The van der Waals surface area contributed by atoms with Gasteiger partial charge in [0.25, 0.3) is 0 Å². The lowest BCUT2D eigenvalue weighted by Gasteiger charge is -2.21. The van der Waals surface area contributed by atoms with Gasteiger partial charge >= 0.3 is 0 Å². The zero-order chi connectivity index (χ0) is 14.0. The van der Waals surface area contributed by atoms with Crippen LogP contribution in [-0.4, -0.2) is 26.9 Å². The number of hydrogen-bond acceptors (Lipinski definition) is 3. The van der Waals surface area contributed by atoms with Crippen LogP contribution in [0.1, 0.15) is 38.5 Å². The molecule has 3 nitrogen and oxygen atoms in total. The van der Waals surface area contributed by atoms with Crippen LogP contribution in [0.4, 0.5) is 5.69 Å². The Hall–Kier alpha value is -1.22. The SMILES string of the molecule is COCCOc1cccc(NCCC2CCCCC2)c1. The first-order chi connectivity index (χ1) is 9.88. The third-order valence-electron chi connectivity index (χ3n) is 4.00. The molecule has 20 heavy (non-hydrogen) atoms. The average Bonchev–Trinajstić information content (AvgIpc) is 2.49. The van der Waals surface area contributed by atoms with E-state index >= 15 is 0 Å². The summed E-state index contributed by atoms with van der Waals surface area (Å²) in [6.07, 6.45) is 8.41. The molecular formula is C17H27NO2. The van der Waals surface area contributed by atoms with E-state index in [0.29, 0.717) is 13.2 Å². The highest BCUT2D eigenvalue weighted by Gasteiger charge is 2.12. The summed E-state index contributed by atoms with van der Waals surface area (Å²) < 4.78 is 10.6. The van der Waals surface area contributed by atoms with Gasteiger partial charge in [-0.15, -0.1) is 0 Å². The Labute approximate surface area is 122 Å². The van der Waals surface area contributed by atoms with E-state index in [1.807, 2.05) is 12.1 Å². The molecule has 0 heterocycles. The molecule has 1 saturated carbocycles. The molecule has 0 aliphatic heterocycles. The topological polar surface area (TPSA) is 30.5 Å². The Morgan fingerprint density at radius 1 is 1.15 bits per heavy atom. The first-order valence-electron chi connectivity index (χ1n) is 7.84. The van der Waals surface area contributed by atoms with Crippen LogP contribution < -0.4 is 10.1 Å². The summed E-state index contributed by atoms with van der Waals surface area (Å²) in [6.45, 7) is 2.29. The van der Waals surface area contributed by atoms with Crippen LogP contribution >= 0.6 is 0 Å². The van der Waals surface area contributed by atoms with Crippen molar-refractivity contribution in [3.8, 4) is 5.75 Å². The highest BCUT2D eigenvalue weighted by Crippen LogP contribution is 2.26. The maximum atomic E-state index is 5.62. The van der Waals surface area contributed by atoms with Gasteiger partial charge in [0.2, 0.25) is 0 Å². The molecule has 0 radical (unpaired) electrons. The standard InChI is InChI=1S/C17H27NO2/c1-19-12-13-20-17-9-5-8-16(14-17)18-11-10-15-6-3-2-4-7-15/h5,8-9,14-15,18H,2-4,6-7,10-13H2,1H3. The molecule has 1 aromatic carbocycles. The quantitative estimate of drug-likeness (QED) is 0.726. The van der Waals surface area contributed by atoms with Gasteiger partial charge in [0.1, 0.15) is 12.4 Å². The molecule has 0 unspecified atom stereocenters. The van der Waals surface area contributed by atoms with Crippen molar-refractivity contribution in [2.75, 3.05) is 32.2 Å². The van der Waals surface area contributed by atoms with Crippen LogP contribution in [0.5, 0.6) is 5.75 Å². The van der Waals surface area contributed by atoms with Crippen molar-refractivity contribution >= 4 is 5.69 Å². The zero-order valence-corrected chi connectivity index (χ0v) is 12.6. The van der Waals surface area contributed by atoms with Crippen molar-refractivity contribution < 1.29 is 9.47 Å². The minimum absolute atomic E-state index is 0.599. The number of benzene rings is 1. The largest absolute Gasteiger partial charge is 0.491 e. The molecule has 1 aliphatic rings. The van der Waals surface area contributed by atoms with Crippen molar-refractivity contribution in [2.24, 2.45) is 5.92 Å². The highest BCUT2D eigenvalue weighted by atomic mass is 16.5. The number of nitrogens with one attached hydrogen (secondary N) is 1. The second-order valence-electron chi connectivity index (χ2n) is 5.59. The Kier molecular flexibility index (Phi) is 6.72. The molecule has 1 aliphatic carbocycles. The van der Waals surface area contributed by atoms with E-state index in [4.69, 9.17) is 9.47 Å². The molecule has 0 amide bonds. The Bertz CT molecular complexity index is 375. The molecule has 3 heteroatoms. The van der Waals surface area contributed by atoms with Crippen molar-refractivity contribution in [3.05, 3.63) is 24.3 Å². The third kappa shape index (κ3) is 5.41. The van der Waals surface area contributed by atoms with Crippen LogP contribution in [0.25, 0.3) is 0 Å². The number of methoxy groups -OCH3 is 1. The van der Waals surface area contributed by atoms with Gasteiger partial charge < -0.3 is 14.8 Å². The second-order valence-corrected chi connectivity index (χ2v) is 5.59. The Morgan fingerprint density at radius 2 is 2.00 bits per heavy atom. The molecule has 0 atom stereocenters. The fourth-order valence-electron chi connectivity index (χ4n) is 2.84. The summed E-state index contributed by atoms with van der Waals surface area (Å²) in [4.78, 5) is 0. The van der Waals surface area contributed by atoms with Gasteiger partial charge in [-0.1, -0.05) is 38.2 Å². The third-order valence-corrected chi connectivity index (χ3v) is 4.00. The second kappa shape index (κ2) is 8.85. The lowest BCUT2D eigenvalue weighted by atomic mass is 9.87. The number of rotatable bonds is 8. The Balaban J connectivity index is 1.70. The zero-order valence-electron chi connectivity index (χ0n) is 12.6. The smallest absolute Gasteiger partial charge is 0.121 e. The van der Waals surface area contributed by atoms with Crippen molar-refractivity contribution in [2.45, 2.75) is 38.5 Å². The summed E-state index contributed by atoms with van der Waals surface area (Å²) >= 11 is 0. The summed E-state index contributed by atoms with van der Waals surface area (Å²) in [7, 11) is 1.69. The minimum atomic E-state index is 0.599. The van der Waals surface area contributed by atoms with Gasteiger partial charge in [-0.2, -0.15) is 0 Å². The molecule has 1 aromatic rings. The minimum Gasteiger partial charge on any atom is -0.491 e. The van der Waals surface area contributed by atoms with E-state index in [9.17, 15) is 0 Å². The van der Waals surface area contributed by atoms with E-state index in [-0.39, 0.29) is 0 Å². The van der Waals surface area contributed by atoms with Crippen molar-refractivity contribution in [1.29, 1.82) is 0 Å². The van der Waals surface area contributed by atoms with Crippen LogP contribution in [-0.2, 0) is 4.74 Å². The average molecular weight is 277 g/mol. The summed E-state index contributed by atoms with van der Waals surface area (Å²) in [5, 5.41) is 3.51. The fraction of sp³-hybridized carbons (Fsp3) is 0.647. The van der Waals surface area contributed by atoms with E-state index in [1.54, 1.807) is 7.11 Å². The van der Waals surface area contributed by atoms with Crippen LogP contribution in [0.2, 0.25) is 0 Å². The molecule has 1 N–H and O–H groups in total. The molecule has 112 valence electrons. The predicted octanol–water partition coefficient (Wildman–Crippen LogP) is 4.09. The Morgan fingerprint density at radius 3 is 2.80 bits per heavy atom. The van der Waals surface area contributed by atoms with E-state index in [1.165, 1.54) is 38.5 Å². The monoisotopic (exact) mass is 277 g/mol. The molecular weight excluding hydrogens is 250 g/mol. The predicted molar refractivity (Wildman–Crippen MR) is 83.5 cm³/mol. The van der Waals surface area contributed by atoms with Gasteiger partial charge in [-0.3, -0.25) is 0 Å². The maximum Gasteiger partial charge on any atom is 0.121 e. The molecule has 2 rings (SSSR count). The number of anilines is 1. The summed E-state index contributed by atoms with van der Waals surface area (Å²) in [5.74, 6) is 1.84. The lowest BCUT2D eigenvalue weighted by Crippen LogP contribution is -2.12.